The Morgan fingerprint density at radius 2 is 2.14 bits per heavy atom. The molecule has 0 spiro atoms. The van der Waals surface area contributed by atoms with E-state index in [9.17, 15) is 4.79 Å². The number of piperidine rings is 1. The first-order chi connectivity index (χ1) is 10.1. The van der Waals surface area contributed by atoms with E-state index in [1.54, 1.807) is 6.08 Å². The first-order valence-corrected chi connectivity index (χ1v) is 7.48. The Morgan fingerprint density at radius 3 is 2.71 bits per heavy atom. The molecule has 114 valence electrons. The van der Waals surface area contributed by atoms with E-state index in [1.165, 1.54) is 11.8 Å². The van der Waals surface area contributed by atoms with E-state index in [4.69, 9.17) is 9.84 Å². The highest BCUT2D eigenvalue weighted by molar-refractivity contribution is 5.85. The number of anilines is 1. The fraction of sp³-hybridized carbons (Fsp3) is 0.471. The Balaban J connectivity index is 2.02. The average Bonchev–Trinajstić information content (AvgIpc) is 2.47. The van der Waals surface area contributed by atoms with Gasteiger partial charge in [0.25, 0.3) is 0 Å². The minimum Gasteiger partial charge on any atom is -0.478 e. The van der Waals surface area contributed by atoms with Gasteiger partial charge in [0.05, 0.1) is 6.10 Å². The van der Waals surface area contributed by atoms with Gasteiger partial charge in [-0.1, -0.05) is 6.07 Å². The predicted octanol–water partition coefficient (Wildman–Crippen LogP) is 3.10. The minimum absolute atomic E-state index is 0.394. The molecule has 0 bridgehead atoms. The molecule has 21 heavy (non-hydrogen) atoms. The number of benzene rings is 1. The van der Waals surface area contributed by atoms with Gasteiger partial charge >= 0.3 is 5.97 Å². The van der Waals surface area contributed by atoms with Gasteiger partial charge in [-0.05, 0) is 56.0 Å². The molecule has 1 heterocycles. The third-order valence-electron chi connectivity index (χ3n) is 3.87. The number of carboxylic acid groups (broad SMARTS) is 1. The third-order valence-corrected chi connectivity index (χ3v) is 3.87. The molecule has 1 aromatic carbocycles. The highest BCUT2D eigenvalue weighted by Crippen LogP contribution is 2.24. The molecular weight excluding hydrogens is 266 g/mol. The number of rotatable bonds is 5. The van der Waals surface area contributed by atoms with Gasteiger partial charge in [0, 0.05) is 31.5 Å². The van der Waals surface area contributed by atoms with Crippen molar-refractivity contribution >= 4 is 17.7 Å². The van der Waals surface area contributed by atoms with Crippen LogP contribution in [0, 0.1) is 6.92 Å². The topological polar surface area (TPSA) is 49.8 Å². The van der Waals surface area contributed by atoms with Crippen LogP contribution < -0.4 is 4.90 Å². The number of carboxylic acids is 1. The number of hydrogen-bond donors (Lipinski definition) is 1. The molecule has 1 N–H and O–H groups in total. The largest absolute Gasteiger partial charge is 0.478 e. The van der Waals surface area contributed by atoms with Crippen molar-refractivity contribution in [3.05, 3.63) is 35.4 Å². The zero-order valence-electron chi connectivity index (χ0n) is 12.7. The zero-order valence-corrected chi connectivity index (χ0v) is 12.7. The van der Waals surface area contributed by atoms with Gasteiger partial charge in [-0.25, -0.2) is 4.79 Å². The minimum atomic E-state index is -0.920. The number of nitrogens with zero attached hydrogens (tertiary/aromatic N) is 1. The van der Waals surface area contributed by atoms with Gasteiger partial charge in [0.15, 0.2) is 0 Å². The fourth-order valence-corrected chi connectivity index (χ4v) is 2.72. The number of aryl methyl sites for hydroxylation is 1. The molecule has 1 aliphatic rings. The van der Waals surface area contributed by atoms with Crippen LogP contribution in [0.25, 0.3) is 6.08 Å². The first-order valence-electron chi connectivity index (χ1n) is 7.48. The summed E-state index contributed by atoms with van der Waals surface area (Å²) in [5.41, 5.74) is 3.25. The van der Waals surface area contributed by atoms with Gasteiger partial charge in [-0.15, -0.1) is 0 Å². The lowest BCUT2D eigenvalue weighted by molar-refractivity contribution is -0.131. The molecule has 4 heteroatoms. The van der Waals surface area contributed by atoms with Gasteiger partial charge in [-0.3, -0.25) is 0 Å². The van der Waals surface area contributed by atoms with Crippen LogP contribution in [0.3, 0.4) is 0 Å². The number of aliphatic carboxylic acids is 1. The van der Waals surface area contributed by atoms with Crippen molar-refractivity contribution in [1.29, 1.82) is 0 Å². The summed E-state index contributed by atoms with van der Waals surface area (Å²) in [4.78, 5) is 12.9. The predicted molar refractivity (Wildman–Crippen MR) is 84.7 cm³/mol. The summed E-state index contributed by atoms with van der Waals surface area (Å²) in [5.74, 6) is -0.920. The molecule has 4 nitrogen and oxygen atoms in total. The molecule has 1 aliphatic heterocycles. The quantitative estimate of drug-likeness (QED) is 0.846. The van der Waals surface area contributed by atoms with Crippen LogP contribution in [0.2, 0.25) is 0 Å². The Morgan fingerprint density at radius 1 is 1.43 bits per heavy atom. The molecule has 0 atom stereocenters. The normalized spacial score (nSPS) is 16.6. The van der Waals surface area contributed by atoms with Crippen LogP contribution in [0.5, 0.6) is 0 Å². The third kappa shape index (κ3) is 4.33. The Labute approximate surface area is 126 Å². The molecule has 0 unspecified atom stereocenters. The summed E-state index contributed by atoms with van der Waals surface area (Å²) in [5, 5.41) is 8.69. The monoisotopic (exact) mass is 289 g/mol. The summed E-state index contributed by atoms with van der Waals surface area (Å²) in [6.45, 7) is 6.86. The molecular formula is C17H23NO3. The second-order valence-corrected chi connectivity index (χ2v) is 5.35. The van der Waals surface area contributed by atoms with Crippen molar-refractivity contribution in [2.75, 3.05) is 24.6 Å². The molecule has 0 saturated carbocycles. The molecule has 0 aromatic heterocycles. The molecule has 2 rings (SSSR count). The Bertz CT molecular complexity index is 517. The van der Waals surface area contributed by atoms with Crippen molar-refractivity contribution < 1.29 is 14.6 Å². The standard InChI is InChI=1S/C17H23NO3/c1-3-21-16-8-10-18(11-9-16)15-6-4-14(13(2)12-15)5-7-17(19)20/h4-7,12,16H,3,8-11H2,1-2H3,(H,19,20). The van der Waals surface area contributed by atoms with Gasteiger partial charge < -0.3 is 14.7 Å². The Hall–Kier alpha value is -1.81. The maximum Gasteiger partial charge on any atom is 0.328 e. The van der Waals surface area contributed by atoms with E-state index in [-0.39, 0.29) is 0 Å². The van der Waals surface area contributed by atoms with Gasteiger partial charge in [0.1, 0.15) is 0 Å². The first kappa shape index (κ1) is 15.6. The van der Waals surface area contributed by atoms with Crippen molar-refractivity contribution in [3.8, 4) is 0 Å². The zero-order chi connectivity index (χ0) is 15.2. The number of hydrogen-bond acceptors (Lipinski definition) is 3. The second-order valence-electron chi connectivity index (χ2n) is 5.35. The van der Waals surface area contributed by atoms with Crippen LogP contribution >= 0.6 is 0 Å². The van der Waals surface area contributed by atoms with Gasteiger partial charge in [0.2, 0.25) is 0 Å². The molecule has 1 saturated heterocycles. The van der Waals surface area contributed by atoms with Gasteiger partial charge in [-0.2, -0.15) is 0 Å². The van der Waals surface area contributed by atoms with E-state index >= 15 is 0 Å². The summed E-state index contributed by atoms with van der Waals surface area (Å²) >= 11 is 0. The molecule has 0 aliphatic carbocycles. The SMILES string of the molecule is CCOC1CCN(c2ccc(C=CC(=O)O)c(C)c2)CC1. The number of ether oxygens (including phenoxy) is 1. The van der Waals surface area contributed by atoms with Crippen LogP contribution in [0.15, 0.2) is 24.3 Å². The highest BCUT2D eigenvalue weighted by atomic mass is 16.5. The molecule has 1 fully saturated rings. The Kier molecular flexibility index (Phi) is 5.39. The van der Waals surface area contributed by atoms with E-state index in [2.05, 4.69) is 17.0 Å². The van der Waals surface area contributed by atoms with E-state index in [1.807, 2.05) is 19.9 Å². The van der Waals surface area contributed by atoms with Crippen molar-refractivity contribution in [3.63, 3.8) is 0 Å². The highest BCUT2D eigenvalue weighted by Gasteiger charge is 2.19. The molecule has 1 aromatic rings. The summed E-state index contributed by atoms with van der Waals surface area (Å²) in [6.07, 6.45) is 5.34. The van der Waals surface area contributed by atoms with E-state index in [0.717, 1.165) is 43.7 Å². The maximum atomic E-state index is 10.6. The van der Waals surface area contributed by atoms with Crippen LogP contribution in [0.4, 0.5) is 5.69 Å². The van der Waals surface area contributed by atoms with Crippen molar-refractivity contribution in [2.45, 2.75) is 32.8 Å². The lowest BCUT2D eigenvalue weighted by Gasteiger charge is -2.33. The smallest absolute Gasteiger partial charge is 0.328 e. The van der Waals surface area contributed by atoms with Crippen LogP contribution in [-0.4, -0.2) is 36.9 Å². The van der Waals surface area contributed by atoms with E-state index in [0.29, 0.717) is 6.10 Å². The van der Waals surface area contributed by atoms with Crippen molar-refractivity contribution in [1.82, 2.24) is 0 Å². The average molecular weight is 289 g/mol. The lowest BCUT2D eigenvalue weighted by Crippen LogP contribution is -2.37. The van der Waals surface area contributed by atoms with E-state index < -0.39 is 5.97 Å². The second kappa shape index (κ2) is 7.27. The number of carbonyl (C=O) groups is 1. The lowest BCUT2D eigenvalue weighted by atomic mass is 10.0. The fourth-order valence-electron chi connectivity index (χ4n) is 2.72. The summed E-state index contributed by atoms with van der Waals surface area (Å²) in [7, 11) is 0. The van der Waals surface area contributed by atoms with Crippen LogP contribution in [0.1, 0.15) is 30.9 Å². The summed E-state index contributed by atoms with van der Waals surface area (Å²) < 4.78 is 5.67. The summed E-state index contributed by atoms with van der Waals surface area (Å²) in [6, 6.07) is 6.18. The van der Waals surface area contributed by atoms with Crippen molar-refractivity contribution in [2.24, 2.45) is 0 Å². The van der Waals surface area contributed by atoms with Crippen LogP contribution in [-0.2, 0) is 9.53 Å². The molecule has 0 amide bonds. The molecule has 0 radical (unpaired) electrons. The maximum absolute atomic E-state index is 10.6.